The maximum absolute atomic E-state index is 5.72. The third-order valence-corrected chi connectivity index (χ3v) is 1.89. The molecule has 2 nitrogen and oxygen atoms in total. The molecule has 0 unspecified atom stereocenters. The van der Waals surface area contributed by atoms with E-state index < -0.39 is 0 Å². The van der Waals surface area contributed by atoms with Gasteiger partial charge in [0.05, 0.1) is 0 Å². The fourth-order valence-corrected chi connectivity index (χ4v) is 1.13. The van der Waals surface area contributed by atoms with Crippen molar-refractivity contribution in [2.75, 3.05) is 6.61 Å². The highest BCUT2D eigenvalue weighted by molar-refractivity contribution is 6.29. The lowest BCUT2D eigenvalue weighted by Gasteiger charge is -2.04. The van der Waals surface area contributed by atoms with Gasteiger partial charge in [0.15, 0.2) is 0 Å². The fourth-order valence-electron chi connectivity index (χ4n) is 0.969. The molecule has 1 aromatic rings. The molecule has 0 fully saturated rings. The summed E-state index contributed by atoms with van der Waals surface area (Å²) in [6, 6.07) is 5.28. The summed E-state index contributed by atoms with van der Waals surface area (Å²) in [5.74, 6) is 0.522. The Kier molecular flexibility index (Phi) is 4.91. The van der Waals surface area contributed by atoms with Crippen LogP contribution in [0.3, 0.4) is 0 Å². The Hall–Kier alpha value is -1.28. The van der Waals surface area contributed by atoms with Crippen molar-refractivity contribution in [1.82, 2.24) is 4.98 Å². The molecule has 1 aromatic heterocycles. The van der Waals surface area contributed by atoms with Gasteiger partial charge in [-0.15, -0.1) is 0 Å². The zero-order chi connectivity index (χ0) is 11.1. The third-order valence-electron chi connectivity index (χ3n) is 1.68. The Balaban J connectivity index is 2.43. The first kappa shape index (κ1) is 11.8. The molecular weight excluding hydrogens is 210 g/mol. The van der Waals surface area contributed by atoms with Crippen LogP contribution in [-0.4, -0.2) is 11.6 Å². The highest BCUT2D eigenvalue weighted by Crippen LogP contribution is 2.12. The van der Waals surface area contributed by atoms with Crippen molar-refractivity contribution >= 4 is 11.6 Å². The van der Waals surface area contributed by atoms with Crippen LogP contribution in [0, 0.1) is 0 Å². The Morgan fingerprint density at radius 3 is 3.07 bits per heavy atom. The van der Waals surface area contributed by atoms with Crippen molar-refractivity contribution < 1.29 is 4.74 Å². The van der Waals surface area contributed by atoms with Crippen LogP contribution < -0.4 is 4.74 Å². The minimum Gasteiger partial charge on any atom is -0.473 e. The van der Waals surface area contributed by atoms with Crippen molar-refractivity contribution in [3.8, 4) is 5.88 Å². The molecule has 80 valence electrons. The van der Waals surface area contributed by atoms with Gasteiger partial charge >= 0.3 is 0 Å². The van der Waals surface area contributed by atoms with Crippen LogP contribution in [0.2, 0.25) is 5.15 Å². The van der Waals surface area contributed by atoms with Gasteiger partial charge in [-0.05, 0) is 18.1 Å². The van der Waals surface area contributed by atoms with Gasteiger partial charge in [-0.2, -0.15) is 0 Å². The number of allylic oxidation sites excluding steroid dienone is 1. The molecule has 0 aliphatic heterocycles. The average Bonchev–Trinajstić information content (AvgIpc) is 2.23. The van der Waals surface area contributed by atoms with E-state index in [9.17, 15) is 0 Å². The zero-order valence-electron chi connectivity index (χ0n) is 8.74. The summed E-state index contributed by atoms with van der Waals surface area (Å²) in [6.07, 6.45) is 4.98. The van der Waals surface area contributed by atoms with Gasteiger partial charge in [0.25, 0.3) is 0 Å². The lowest BCUT2D eigenvalue weighted by Crippen LogP contribution is -1.99. The standard InChI is InChI=1S/C12H14ClNO/c1-3-4-6-10(2)9-15-12-8-5-7-11(13)14-12/h4-8H,2-3,9H2,1H3/b6-4-. The smallest absolute Gasteiger partial charge is 0.214 e. The molecule has 0 aromatic carbocycles. The Bertz CT molecular complexity index is 360. The van der Waals surface area contributed by atoms with Gasteiger partial charge in [0.1, 0.15) is 11.8 Å². The SMILES string of the molecule is C=C(/C=C\CC)COc1cccc(Cl)n1. The van der Waals surface area contributed by atoms with Gasteiger partial charge in [0.2, 0.25) is 5.88 Å². The summed E-state index contributed by atoms with van der Waals surface area (Å²) in [6.45, 7) is 6.36. The van der Waals surface area contributed by atoms with Crippen LogP contribution in [0.15, 0.2) is 42.5 Å². The predicted molar refractivity (Wildman–Crippen MR) is 63.3 cm³/mol. The molecule has 0 radical (unpaired) electrons. The second-order valence-corrected chi connectivity index (χ2v) is 3.44. The number of nitrogens with zero attached hydrogens (tertiary/aromatic N) is 1. The summed E-state index contributed by atoms with van der Waals surface area (Å²) < 4.78 is 5.40. The van der Waals surface area contributed by atoms with E-state index in [0.717, 1.165) is 12.0 Å². The summed E-state index contributed by atoms with van der Waals surface area (Å²) >= 11 is 5.72. The lowest BCUT2D eigenvalue weighted by molar-refractivity contribution is 0.342. The number of hydrogen-bond acceptors (Lipinski definition) is 2. The predicted octanol–water partition coefficient (Wildman–Crippen LogP) is 3.64. The van der Waals surface area contributed by atoms with E-state index in [1.54, 1.807) is 18.2 Å². The molecule has 0 amide bonds. The van der Waals surface area contributed by atoms with Crippen LogP contribution in [0.4, 0.5) is 0 Å². The van der Waals surface area contributed by atoms with Crippen LogP contribution in [0.25, 0.3) is 0 Å². The average molecular weight is 224 g/mol. The van der Waals surface area contributed by atoms with Gasteiger partial charge in [-0.3, -0.25) is 0 Å². The van der Waals surface area contributed by atoms with Crippen LogP contribution >= 0.6 is 11.6 Å². The number of pyridine rings is 1. The molecule has 0 saturated heterocycles. The van der Waals surface area contributed by atoms with E-state index >= 15 is 0 Å². The molecule has 1 rings (SSSR count). The van der Waals surface area contributed by atoms with Crippen molar-refractivity contribution in [3.05, 3.63) is 47.7 Å². The van der Waals surface area contributed by atoms with Crippen molar-refractivity contribution in [2.24, 2.45) is 0 Å². The monoisotopic (exact) mass is 223 g/mol. The minimum absolute atomic E-state index is 0.433. The minimum atomic E-state index is 0.433. The zero-order valence-corrected chi connectivity index (χ0v) is 9.50. The largest absolute Gasteiger partial charge is 0.473 e. The number of rotatable bonds is 5. The number of hydrogen-bond donors (Lipinski definition) is 0. The highest BCUT2D eigenvalue weighted by atomic mass is 35.5. The quantitative estimate of drug-likeness (QED) is 0.562. The van der Waals surface area contributed by atoms with Crippen molar-refractivity contribution in [2.45, 2.75) is 13.3 Å². The maximum Gasteiger partial charge on any atom is 0.214 e. The molecule has 3 heteroatoms. The Labute approximate surface area is 95.2 Å². The number of halogens is 1. The molecule has 1 heterocycles. The van der Waals surface area contributed by atoms with E-state index in [-0.39, 0.29) is 0 Å². The number of aromatic nitrogens is 1. The van der Waals surface area contributed by atoms with E-state index in [0.29, 0.717) is 17.6 Å². The van der Waals surface area contributed by atoms with Crippen LogP contribution in [-0.2, 0) is 0 Å². The van der Waals surface area contributed by atoms with Crippen molar-refractivity contribution in [1.29, 1.82) is 0 Å². The molecule has 0 bridgehead atoms. The number of ether oxygens (including phenoxy) is 1. The second kappa shape index (κ2) is 6.25. The first-order chi connectivity index (χ1) is 7.22. The van der Waals surface area contributed by atoms with Crippen LogP contribution in [0.1, 0.15) is 13.3 Å². The van der Waals surface area contributed by atoms with Crippen LogP contribution in [0.5, 0.6) is 5.88 Å². The molecule has 0 saturated carbocycles. The summed E-state index contributed by atoms with van der Waals surface area (Å²) in [5, 5.41) is 0.433. The van der Waals surface area contributed by atoms with E-state index in [4.69, 9.17) is 16.3 Å². The van der Waals surface area contributed by atoms with Gasteiger partial charge in [0, 0.05) is 6.07 Å². The molecule has 0 aliphatic rings. The third kappa shape index (κ3) is 4.66. The van der Waals surface area contributed by atoms with E-state index in [2.05, 4.69) is 18.5 Å². The van der Waals surface area contributed by atoms with Crippen molar-refractivity contribution in [3.63, 3.8) is 0 Å². The topological polar surface area (TPSA) is 22.1 Å². The lowest BCUT2D eigenvalue weighted by atomic mass is 10.3. The Morgan fingerprint density at radius 1 is 1.60 bits per heavy atom. The second-order valence-electron chi connectivity index (χ2n) is 3.06. The van der Waals surface area contributed by atoms with Gasteiger partial charge in [-0.25, -0.2) is 4.98 Å². The first-order valence-corrected chi connectivity index (χ1v) is 5.20. The summed E-state index contributed by atoms with van der Waals surface area (Å²) in [4.78, 5) is 4.00. The fraction of sp³-hybridized carbons (Fsp3) is 0.250. The van der Waals surface area contributed by atoms with E-state index in [1.807, 2.05) is 12.2 Å². The molecule has 0 aliphatic carbocycles. The molecular formula is C12H14ClNO. The summed E-state index contributed by atoms with van der Waals surface area (Å²) in [5.41, 5.74) is 0.915. The van der Waals surface area contributed by atoms with E-state index in [1.165, 1.54) is 0 Å². The molecule has 0 spiro atoms. The Morgan fingerprint density at radius 2 is 2.40 bits per heavy atom. The van der Waals surface area contributed by atoms with Gasteiger partial charge in [-0.1, -0.05) is 43.3 Å². The maximum atomic E-state index is 5.72. The summed E-state index contributed by atoms with van der Waals surface area (Å²) in [7, 11) is 0. The first-order valence-electron chi connectivity index (χ1n) is 4.82. The van der Waals surface area contributed by atoms with Gasteiger partial charge < -0.3 is 4.74 Å². The molecule has 0 atom stereocenters. The molecule has 15 heavy (non-hydrogen) atoms. The molecule has 0 N–H and O–H groups in total. The highest BCUT2D eigenvalue weighted by Gasteiger charge is 1.96. The normalized spacial score (nSPS) is 10.5.